The zero-order valence-electron chi connectivity index (χ0n) is 23.0. The first-order chi connectivity index (χ1) is 15.0. The first-order valence-electron chi connectivity index (χ1n) is 14.6. The molecule has 2 heteroatoms. The van der Waals surface area contributed by atoms with Crippen LogP contribution in [0.1, 0.15) is 112 Å². The van der Waals surface area contributed by atoms with Gasteiger partial charge >= 0.3 is 0 Å². The van der Waals surface area contributed by atoms with E-state index in [1.165, 1.54) is 77.0 Å². The van der Waals surface area contributed by atoms with E-state index >= 15 is 0 Å². The molecule has 0 N–H and O–H groups in total. The fourth-order valence-corrected chi connectivity index (χ4v) is 11.1. The number of fused-ring (bicyclic) bond motifs is 5. The molecule has 0 unspecified atom stereocenters. The van der Waals surface area contributed by atoms with Gasteiger partial charge in [-0.15, -0.1) is 0 Å². The summed E-state index contributed by atoms with van der Waals surface area (Å²) >= 11 is 0. The maximum absolute atomic E-state index is 7.03. The SMILES string of the molecule is CC(C)CCC[C@@H](C)[C@H]1CC[C@H]2[C@@H]3C[C@H](O[Si](C)(C)C)[C@@H]4CCCC[C@]4(C)[C@H]3CC[C@]12C. The van der Waals surface area contributed by atoms with Crippen LogP contribution < -0.4 is 0 Å². The molecule has 186 valence electrons. The summed E-state index contributed by atoms with van der Waals surface area (Å²) < 4.78 is 7.03. The Hall–Kier alpha value is 0.177. The van der Waals surface area contributed by atoms with Crippen molar-refractivity contribution in [3.63, 3.8) is 0 Å². The smallest absolute Gasteiger partial charge is 0.184 e. The van der Waals surface area contributed by atoms with Gasteiger partial charge < -0.3 is 4.43 Å². The second-order valence-corrected chi connectivity index (χ2v) is 19.2. The first-order valence-corrected chi connectivity index (χ1v) is 18.0. The van der Waals surface area contributed by atoms with Gasteiger partial charge in [0.05, 0.1) is 0 Å². The van der Waals surface area contributed by atoms with Gasteiger partial charge in [-0.25, -0.2) is 0 Å². The third-order valence-electron chi connectivity index (χ3n) is 11.3. The summed E-state index contributed by atoms with van der Waals surface area (Å²) in [5.41, 5.74) is 1.15. The molecular formula is C30H56OSi. The Bertz CT molecular complexity index is 637. The van der Waals surface area contributed by atoms with Crippen LogP contribution in [0.3, 0.4) is 0 Å². The molecule has 32 heavy (non-hydrogen) atoms. The molecule has 9 atom stereocenters. The van der Waals surface area contributed by atoms with Crippen LogP contribution >= 0.6 is 0 Å². The lowest BCUT2D eigenvalue weighted by Gasteiger charge is -2.63. The van der Waals surface area contributed by atoms with Gasteiger partial charge in [0.25, 0.3) is 0 Å². The molecule has 4 rings (SSSR count). The summed E-state index contributed by atoms with van der Waals surface area (Å²) in [5, 5.41) is 0. The molecule has 0 amide bonds. The minimum absolute atomic E-state index is 0.549. The minimum Gasteiger partial charge on any atom is -0.414 e. The minimum atomic E-state index is -1.52. The van der Waals surface area contributed by atoms with Gasteiger partial charge in [0.15, 0.2) is 8.32 Å². The van der Waals surface area contributed by atoms with E-state index in [1.807, 2.05) is 0 Å². The van der Waals surface area contributed by atoms with E-state index in [4.69, 9.17) is 4.43 Å². The molecule has 4 aliphatic rings. The fourth-order valence-electron chi connectivity index (χ4n) is 9.93. The number of hydrogen-bond acceptors (Lipinski definition) is 1. The monoisotopic (exact) mass is 460 g/mol. The molecule has 0 bridgehead atoms. The third kappa shape index (κ3) is 4.67. The Labute approximate surface area is 202 Å². The number of hydrogen-bond donors (Lipinski definition) is 0. The van der Waals surface area contributed by atoms with Gasteiger partial charge in [-0.1, -0.05) is 66.7 Å². The zero-order valence-corrected chi connectivity index (χ0v) is 24.0. The van der Waals surface area contributed by atoms with Gasteiger partial charge in [0, 0.05) is 6.10 Å². The van der Waals surface area contributed by atoms with Crippen LogP contribution in [-0.4, -0.2) is 14.4 Å². The Morgan fingerprint density at radius 3 is 2.22 bits per heavy atom. The van der Waals surface area contributed by atoms with E-state index < -0.39 is 8.32 Å². The normalized spacial score (nSPS) is 45.3. The molecule has 0 aromatic heterocycles. The molecule has 0 radical (unpaired) electrons. The van der Waals surface area contributed by atoms with Crippen molar-refractivity contribution in [1.82, 2.24) is 0 Å². The van der Waals surface area contributed by atoms with Crippen molar-refractivity contribution >= 4 is 8.32 Å². The van der Waals surface area contributed by atoms with Crippen LogP contribution in [0.15, 0.2) is 0 Å². The quantitative estimate of drug-likeness (QED) is 0.344. The van der Waals surface area contributed by atoms with Crippen LogP contribution in [0.2, 0.25) is 19.6 Å². The molecule has 0 aromatic carbocycles. The highest BCUT2D eigenvalue weighted by molar-refractivity contribution is 6.69. The van der Waals surface area contributed by atoms with Gasteiger partial charge in [-0.05, 0) is 117 Å². The molecular weight excluding hydrogens is 404 g/mol. The van der Waals surface area contributed by atoms with E-state index in [2.05, 4.69) is 54.3 Å². The summed E-state index contributed by atoms with van der Waals surface area (Å²) in [4.78, 5) is 0. The van der Waals surface area contributed by atoms with Crippen LogP contribution in [0.25, 0.3) is 0 Å². The molecule has 0 heterocycles. The third-order valence-corrected chi connectivity index (χ3v) is 12.3. The molecule has 4 aliphatic carbocycles. The lowest BCUT2D eigenvalue weighted by atomic mass is 9.44. The van der Waals surface area contributed by atoms with E-state index in [-0.39, 0.29) is 0 Å². The molecule has 4 fully saturated rings. The van der Waals surface area contributed by atoms with E-state index in [1.54, 1.807) is 0 Å². The Kier molecular flexibility index (Phi) is 7.37. The summed E-state index contributed by atoms with van der Waals surface area (Å²) in [6, 6.07) is 0. The Morgan fingerprint density at radius 1 is 0.812 bits per heavy atom. The Balaban J connectivity index is 1.54. The standard InChI is InChI=1S/C30H56OSi/c1-21(2)12-11-13-22(3)24-15-16-25-23-20-28(31-32(6,7)8)27-14-9-10-18-29(27,4)26(23)17-19-30(24,25)5/h21-28H,9-20H2,1-8H3/t22-,23+,24-,25+,26+,27+,28+,29-,30-/m1/s1. The zero-order chi connectivity index (χ0) is 23.3. The maximum atomic E-state index is 7.03. The largest absolute Gasteiger partial charge is 0.414 e. The van der Waals surface area contributed by atoms with Crippen molar-refractivity contribution in [3.05, 3.63) is 0 Å². The van der Waals surface area contributed by atoms with E-state index in [0.29, 0.717) is 16.9 Å². The van der Waals surface area contributed by atoms with Crippen LogP contribution in [-0.2, 0) is 4.43 Å². The summed E-state index contributed by atoms with van der Waals surface area (Å²) in [5.74, 6) is 6.45. The molecule has 0 aromatic rings. The Morgan fingerprint density at radius 2 is 1.53 bits per heavy atom. The highest BCUT2D eigenvalue weighted by atomic mass is 28.4. The highest BCUT2D eigenvalue weighted by Crippen LogP contribution is 2.68. The van der Waals surface area contributed by atoms with Crippen molar-refractivity contribution in [3.8, 4) is 0 Å². The average Bonchev–Trinajstić information content (AvgIpc) is 3.04. The van der Waals surface area contributed by atoms with Gasteiger partial charge in [0.1, 0.15) is 0 Å². The molecule has 0 saturated heterocycles. The summed E-state index contributed by atoms with van der Waals surface area (Å²) in [6.07, 6.45) is 18.1. The second kappa shape index (κ2) is 9.33. The molecule has 0 spiro atoms. The van der Waals surface area contributed by atoms with Crippen molar-refractivity contribution in [2.45, 2.75) is 137 Å². The van der Waals surface area contributed by atoms with Crippen molar-refractivity contribution in [2.75, 3.05) is 0 Å². The van der Waals surface area contributed by atoms with Crippen molar-refractivity contribution in [2.24, 2.45) is 52.3 Å². The molecule has 0 aliphatic heterocycles. The van der Waals surface area contributed by atoms with Gasteiger partial charge in [-0.3, -0.25) is 0 Å². The summed E-state index contributed by atoms with van der Waals surface area (Å²) in [7, 11) is -1.52. The highest BCUT2D eigenvalue weighted by Gasteiger charge is 2.62. The molecule has 1 nitrogen and oxygen atoms in total. The van der Waals surface area contributed by atoms with Gasteiger partial charge in [-0.2, -0.15) is 0 Å². The predicted octanol–water partition coefficient (Wildman–Crippen LogP) is 9.33. The molecule has 4 saturated carbocycles. The van der Waals surface area contributed by atoms with Crippen molar-refractivity contribution < 1.29 is 4.43 Å². The van der Waals surface area contributed by atoms with Crippen molar-refractivity contribution in [1.29, 1.82) is 0 Å². The summed E-state index contributed by atoms with van der Waals surface area (Å²) in [6.45, 7) is 20.1. The lowest BCUT2D eigenvalue weighted by molar-refractivity contribution is -0.154. The maximum Gasteiger partial charge on any atom is 0.184 e. The number of rotatable bonds is 7. The second-order valence-electron chi connectivity index (χ2n) is 14.8. The van der Waals surface area contributed by atoms with Crippen LogP contribution in [0.5, 0.6) is 0 Å². The topological polar surface area (TPSA) is 9.23 Å². The fraction of sp³-hybridized carbons (Fsp3) is 1.00. The van der Waals surface area contributed by atoms with E-state index in [0.717, 1.165) is 41.4 Å². The average molecular weight is 461 g/mol. The van der Waals surface area contributed by atoms with E-state index in [9.17, 15) is 0 Å². The van der Waals surface area contributed by atoms with Crippen LogP contribution in [0.4, 0.5) is 0 Å². The predicted molar refractivity (Wildman–Crippen MR) is 141 cm³/mol. The lowest BCUT2D eigenvalue weighted by Crippen LogP contribution is -2.58. The van der Waals surface area contributed by atoms with Gasteiger partial charge in [0.2, 0.25) is 0 Å². The van der Waals surface area contributed by atoms with Crippen LogP contribution in [0, 0.1) is 52.3 Å². The first kappa shape index (κ1) is 25.3.